The minimum atomic E-state index is 0.734. The van der Waals surface area contributed by atoms with Gasteiger partial charge in [-0.05, 0) is 30.7 Å². The first-order valence-electron chi connectivity index (χ1n) is 5.92. The minimum Gasteiger partial charge on any atom is -0.497 e. The lowest BCUT2D eigenvalue weighted by molar-refractivity contribution is 0.396. The van der Waals surface area contributed by atoms with Gasteiger partial charge in [-0.25, -0.2) is 0 Å². The average molecular weight is 259 g/mol. The normalized spacial score (nSPS) is 10.1. The molecule has 0 aliphatic carbocycles. The second-order valence-electron chi connectivity index (χ2n) is 4.13. The van der Waals surface area contributed by atoms with Crippen molar-refractivity contribution in [3.8, 4) is 28.5 Å². The number of nitrogens with zero attached hydrogens (tertiary/aromatic N) is 1. The predicted octanol–water partition coefficient (Wildman–Crippen LogP) is 3.08. The highest BCUT2D eigenvalue weighted by molar-refractivity contribution is 5.75. The maximum absolute atomic E-state index is 5.44. The highest BCUT2D eigenvalue weighted by Crippen LogP contribution is 2.39. The summed E-state index contributed by atoms with van der Waals surface area (Å²) >= 11 is 0. The molecular weight excluding hydrogens is 242 g/mol. The van der Waals surface area contributed by atoms with Crippen molar-refractivity contribution in [1.29, 1.82) is 0 Å². The maximum Gasteiger partial charge on any atom is 0.132 e. The third-order valence-electron chi connectivity index (χ3n) is 2.87. The van der Waals surface area contributed by atoms with Crippen LogP contribution in [0.25, 0.3) is 11.3 Å². The molecule has 4 nitrogen and oxygen atoms in total. The van der Waals surface area contributed by atoms with Crippen molar-refractivity contribution in [2.45, 2.75) is 6.92 Å². The quantitative estimate of drug-likeness (QED) is 0.846. The van der Waals surface area contributed by atoms with Crippen LogP contribution in [0.5, 0.6) is 17.2 Å². The van der Waals surface area contributed by atoms with E-state index in [4.69, 9.17) is 14.2 Å². The number of aromatic nitrogens is 1. The van der Waals surface area contributed by atoms with E-state index in [2.05, 4.69) is 4.98 Å². The maximum atomic E-state index is 5.44. The predicted molar refractivity (Wildman–Crippen MR) is 74.1 cm³/mol. The molecule has 0 radical (unpaired) electrons. The summed E-state index contributed by atoms with van der Waals surface area (Å²) in [5.74, 6) is 2.21. The van der Waals surface area contributed by atoms with Crippen LogP contribution in [0, 0.1) is 6.92 Å². The standard InChI is InChI=1S/C15H17NO3/c1-10-7-13(18-3)15(14(8-10)19-4)12-9-11(17-2)5-6-16-12/h5-9H,1-4H3. The summed E-state index contributed by atoms with van der Waals surface area (Å²) in [6.07, 6.45) is 1.70. The zero-order chi connectivity index (χ0) is 13.8. The van der Waals surface area contributed by atoms with Gasteiger partial charge in [-0.1, -0.05) is 0 Å². The summed E-state index contributed by atoms with van der Waals surface area (Å²) in [6.45, 7) is 1.99. The first-order chi connectivity index (χ1) is 9.19. The van der Waals surface area contributed by atoms with E-state index >= 15 is 0 Å². The van der Waals surface area contributed by atoms with Crippen LogP contribution in [-0.2, 0) is 0 Å². The molecule has 0 aliphatic rings. The van der Waals surface area contributed by atoms with Crippen LogP contribution in [0.3, 0.4) is 0 Å². The topological polar surface area (TPSA) is 40.6 Å². The van der Waals surface area contributed by atoms with Gasteiger partial charge in [-0.3, -0.25) is 4.98 Å². The monoisotopic (exact) mass is 259 g/mol. The van der Waals surface area contributed by atoms with E-state index in [1.165, 1.54) is 0 Å². The van der Waals surface area contributed by atoms with Crippen molar-refractivity contribution in [2.24, 2.45) is 0 Å². The van der Waals surface area contributed by atoms with E-state index in [1.807, 2.05) is 25.1 Å². The van der Waals surface area contributed by atoms with Crippen LogP contribution in [-0.4, -0.2) is 26.3 Å². The number of hydrogen-bond donors (Lipinski definition) is 0. The molecular formula is C15H17NO3. The number of pyridine rings is 1. The average Bonchev–Trinajstić information content (AvgIpc) is 2.46. The zero-order valence-electron chi connectivity index (χ0n) is 11.6. The molecule has 1 aromatic carbocycles. The number of hydrogen-bond acceptors (Lipinski definition) is 4. The van der Waals surface area contributed by atoms with Gasteiger partial charge in [0.25, 0.3) is 0 Å². The highest BCUT2D eigenvalue weighted by Gasteiger charge is 2.15. The van der Waals surface area contributed by atoms with Gasteiger partial charge in [0.05, 0.1) is 32.6 Å². The second-order valence-corrected chi connectivity index (χ2v) is 4.13. The molecule has 0 bridgehead atoms. The van der Waals surface area contributed by atoms with E-state index in [-0.39, 0.29) is 0 Å². The Hall–Kier alpha value is -2.23. The fourth-order valence-corrected chi connectivity index (χ4v) is 1.97. The van der Waals surface area contributed by atoms with Crippen molar-refractivity contribution < 1.29 is 14.2 Å². The number of aryl methyl sites for hydroxylation is 1. The largest absolute Gasteiger partial charge is 0.497 e. The molecule has 100 valence electrons. The summed E-state index contributed by atoms with van der Waals surface area (Å²) < 4.78 is 16.1. The van der Waals surface area contributed by atoms with Crippen LogP contribution in [0.15, 0.2) is 30.5 Å². The highest BCUT2D eigenvalue weighted by atomic mass is 16.5. The molecule has 0 N–H and O–H groups in total. The lowest BCUT2D eigenvalue weighted by Gasteiger charge is -2.14. The zero-order valence-corrected chi connectivity index (χ0v) is 11.6. The van der Waals surface area contributed by atoms with Crippen LogP contribution in [0.2, 0.25) is 0 Å². The molecule has 0 atom stereocenters. The Bertz CT molecular complexity index is 556. The Labute approximate surface area is 113 Å². The van der Waals surface area contributed by atoms with E-state index in [0.29, 0.717) is 0 Å². The van der Waals surface area contributed by atoms with E-state index in [9.17, 15) is 0 Å². The lowest BCUT2D eigenvalue weighted by atomic mass is 10.1. The fraction of sp³-hybridized carbons (Fsp3) is 0.267. The van der Waals surface area contributed by atoms with Crippen molar-refractivity contribution in [3.63, 3.8) is 0 Å². The Morgan fingerprint density at radius 3 is 2.05 bits per heavy atom. The van der Waals surface area contributed by atoms with Crippen LogP contribution >= 0.6 is 0 Å². The molecule has 0 saturated heterocycles. The molecule has 1 heterocycles. The van der Waals surface area contributed by atoms with E-state index in [0.717, 1.165) is 34.1 Å². The molecule has 4 heteroatoms. The van der Waals surface area contributed by atoms with E-state index in [1.54, 1.807) is 33.6 Å². The number of rotatable bonds is 4. The van der Waals surface area contributed by atoms with Gasteiger partial charge in [-0.15, -0.1) is 0 Å². The van der Waals surface area contributed by atoms with Crippen molar-refractivity contribution in [2.75, 3.05) is 21.3 Å². The van der Waals surface area contributed by atoms with Crippen LogP contribution in [0.1, 0.15) is 5.56 Å². The van der Waals surface area contributed by atoms with Gasteiger partial charge in [-0.2, -0.15) is 0 Å². The molecule has 19 heavy (non-hydrogen) atoms. The minimum absolute atomic E-state index is 0.734. The molecule has 0 saturated carbocycles. The summed E-state index contributed by atoms with van der Waals surface area (Å²) in [4.78, 5) is 4.36. The Balaban J connectivity index is 2.65. The third kappa shape index (κ3) is 2.62. The molecule has 1 aromatic heterocycles. The molecule has 0 amide bonds. The molecule has 0 spiro atoms. The number of ether oxygens (including phenoxy) is 3. The van der Waals surface area contributed by atoms with Gasteiger partial charge >= 0.3 is 0 Å². The third-order valence-corrected chi connectivity index (χ3v) is 2.87. The molecule has 2 rings (SSSR count). The summed E-state index contributed by atoms with van der Waals surface area (Å²) in [5, 5.41) is 0. The second kappa shape index (κ2) is 5.61. The van der Waals surface area contributed by atoms with Gasteiger partial charge in [0.1, 0.15) is 17.2 Å². The van der Waals surface area contributed by atoms with Crippen molar-refractivity contribution in [3.05, 3.63) is 36.0 Å². The Morgan fingerprint density at radius 2 is 1.53 bits per heavy atom. The molecule has 0 fully saturated rings. The van der Waals surface area contributed by atoms with E-state index < -0.39 is 0 Å². The number of methoxy groups -OCH3 is 3. The van der Waals surface area contributed by atoms with Gasteiger partial charge in [0, 0.05) is 12.3 Å². The smallest absolute Gasteiger partial charge is 0.132 e. The van der Waals surface area contributed by atoms with Gasteiger partial charge < -0.3 is 14.2 Å². The summed E-state index contributed by atoms with van der Waals surface area (Å²) in [7, 11) is 4.90. The van der Waals surface area contributed by atoms with Crippen LogP contribution < -0.4 is 14.2 Å². The van der Waals surface area contributed by atoms with Crippen molar-refractivity contribution >= 4 is 0 Å². The summed E-state index contributed by atoms with van der Waals surface area (Å²) in [6, 6.07) is 7.57. The first-order valence-corrected chi connectivity index (χ1v) is 5.92. The Kier molecular flexibility index (Phi) is 3.90. The molecule has 0 unspecified atom stereocenters. The van der Waals surface area contributed by atoms with Gasteiger partial charge in [0.15, 0.2) is 0 Å². The number of benzene rings is 1. The lowest BCUT2D eigenvalue weighted by Crippen LogP contribution is -1.96. The SMILES string of the molecule is COc1ccnc(-c2c(OC)cc(C)cc2OC)c1. The van der Waals surface area contributed by atoms with Gasteiger partial charge in [0.2, 0.25) is 0 Å². The summed E-state index contributed by atoms with van der Waals surface area (Å²) in [5.41, 5.74) is 2.66. The van der Waals surface area contributed by atoms with Crippen molar-refractivity contribution in [1.82, 2.24) is 4.98 Å². The fourth-order valence-electron chi connectivity index (χ4n) is 1.97. The van der Waals surface area contributed by atoms with Crippen LogP contribution in [0.4, 0.5) is 0 Å². The molecule has 0 aliphatic heterocycles. The first kappa shape index (κ1) is 13.2. The Morgan fingerprint density at radius 1 is 0.895 bits per heavy atom. The molecule has 2 aromatic rings.